The normalized spacial score (nSPS) is 10.3. The number of anilines is 1. The summed E-state index contributed by atoms with van der Waals surface area (Å²) in [6, 6.07) is 77.9. The Kier molecular flexibility index (Phi) is 18.7. The van der Waals surface area contributed by atoms with Crippen LogP contribution < -0.4 is 4.90 Å². The molecule has 12 aromatic rings. The molecule has 0 saturated heterocycles. The second kappa shape index (κ2) is 26.3. The first kappa shape index (κ1) is 52.6. The molecule has 0 aliphatic heterocycles. The number of thiophene rings is 5. The summed E-state index contributed by atoms with van der Waals surface area (Å²) in [6.45, 7) is 20.0. The highest BCUT2D eigenvalue weighted by molar-refractivity contribution is 7.22. The average Bonchev–Trinajstić information content (AvgIpc) is 4.34. The molecule has 0 unspecified atom stereocenters. The third-order valence-corrected chi connectivity index (χ3v) is 17.2. The minimum Gasteiger partial charge on any atom is -0.378 e. The van der Waals surface area contributed by atoms with Crippen molar-refractivity contribution in [2.75, 3.05) is 19.0 Å². The van der Waals surface area contributed by atoms with Gasteiger partial charge in [0.25, 0.3) is 0 Å². The van der Waals surface area contributed by atoms with Crippen LogP contribution in [0.1, 0.15) is 41.8 Å². The van der Waals surface area contributed by atoms with Gasteiger partial charge in [0.1, 0.15) is 0 Å². The Bertz CT molecular complexity index is 3570. The predicted molar refractivity (Wildman–Crippen MR) is 338 cm³/mol. The van der Waals surface area contributed by atoms with Crippen molar-refractivity contribution >= 4 is 122 Å². The van der Waals surface area contributed by atoms with Crippen LogP contribution in [0.3, 0.4) is 0 Å². The van der Waals surface area contributed by atoms with E-state index in [4.69, 9.17) is 0 Å². The van der Waals surface area contributed by atoms with E-state index in [0.717, 1.165) is 16.7 Å². The van der Waals surface area contributed by atoms with Crippen LogP contribution in [0.2, 0.25) is 0 Å². The molecule has 12 rings (SSSR count). The summed E-state index contributed by atoms with van der Waals surface area (Å²) in [5, 5.41) is 9.26. The molecular weight excluding hydrogens is 991 g/mol. The van der Waals surface area contributed by atoms with Gasteiger partial charge in [-0.05, 0) is 132 Å². The van der Waals surface area contributed by atoms with Crippen molar-refractivity contribution in [3.63, 3.8) is 0 Å². The molecule has 0 saturated carbocycles. The molecule has 0 radical (unpaired) electrons. The minimum atomic E-state index is 1.07. The Balaban J connectivity index is 0.000000127. The number of fused-ring (bicyclic) bond motifs is 3. The van der Waals surface area contributed by atoms with E-state index in [0.29, 0.717) is 0 Å². The van der Waals surface area contributed by atoms with Crippen molar-refractivity contribution in [2.45, 2.75) is 0 Å². The summed E-state index contributed by atoms with van der Waals surface area (Å²) in [4.78, 5) is 9.76. The van der Waals surface area contributed by atoms with Gasteiger partial charge in [-0.2, -0.15) is 0 Å². The van der Waals surface area contributed by atoms with Gasteiger partial charge in [0.2, 0.25) is 0 Å². The summed E-state index contributed by atoms with van der Waals surface area (Å²) >= 11 is 8.90. The van der Waals surface area contributed by atoms with Crippen LogP contribution in [0, 0.1) is 0 Å². The molecule has 364 valence electrons. The molecule has 0 N–H and O–H groups in total. The van der Waals surface area contributed by atoms with Crippen molar-refractivity contribution in [3.8, 4) is 9.75 Å². The van der Waals surface area contributed by atoms with Crippen molar-refractivity contribution in [3.05, 3.63) is 310 Å². The predicted octanol–water partition coefficient (Wildman–Crippen LogP) is 21.4. The summed E-state index contributed by atoms with van der Waals surface area (Å²) < 4.78 is 2.65. The maximum Gasteiger partial charge on any atom is 0.0448 e. The second-order valence-corrected chi connectivity index (χ2v) is 22.3. The van der Waals surface area contributed by atoms with Crippen LogP contribution in [-0.4, -0.2) is 14.1 Å². The third kappa shape index (κ3) is 14.1. The van der Waals surface area contributed by atoms with Crippen molar-refractivity contribution < 1.29 is 0 Å². The standard InChI is InChI=1S/C18H12S2.C18H14.C16H17N.C10H8S2.C6H6S/c1-12(17-10-13-6-2-4-8-15(13)19-17)18-11-14-7-3-5-9-16(14)20-18;1-14(15-7-3-2-4-8-15)17-12-11-16-9-5-6-10-18(16)13-17;1-13(14-7-5-4-6-8-14)15-9-11-16(12-10-15)17(2)3;1-2-8-5-6-10(12-8)9-4-3-7-11-9;1-2-6-4-3-5-7-6/h2-11H,1H2;2-13H,1H2;4-12H,1H2,2-3H3;2-7H,1H2;2-5H,1H2. The molecule has 0 amide bonds. The van der Waals surface area contributed by atoms with Gasteiger partial charge < -0.3 is 4.90 Å². The monoisotopic (exact) mass is 1050 g/mol. The van der Waals surface area contributed by atoms with Gasteiger partial charge in [0, 0.05) is 64.0 Å². The quantitative estimate of drug-likeness (QED) is 0.132. The zero-order chi connectivity index (χ0) is 51.7. The van der Waals surface area contributed by atoms with Crippen LogP contribution in [0.4, 0.5) is 5.69 Å². The van der Waals surface area contributed by atoms with E-state index < -0.39 is 0 Å². The second-order valence-electron chi connectivity index (χ2n) is 17.1. The lowest BCUT2D eigenvalue weighted by atomic mass is 9.97. The maximum atomic E-state index is 4.31. The molecule has 5 aromatic heterocycles. The fourth-order valence-corrected chi connectivity index (χ4v) is 12.2. The number of hydrogen-bond acceptors (Lipinski definition) is 6. The van der Waals surface area contributed by atoms with E-state index in [1.54, 1.807) is 34.0 Å². The molecule has 74 heavy (non-hydrogen) atoms. The van der Waals surface area contributed by atoms with E-state index in [-0.39, 0.29) is 0 Å². The average molecular weight is 1050 g/mol. The van der Waals surface area contributed by atoms with Gasteiger partial charge in [0.15, 0.2) is 0 Å². The zero-order valence-corrected chi connectivity index (χ0v) is 45.8. The van der Waals surface area contributed by atoms with Crippen LogP contribution in [0.5, 0.6) is 0 Å². The fourth-order valence-electron chi connectivity index (χ4n) is 7.75. The van der Waals surface area contributed by atoms with Crippen LogP contribution in [0.15, 0.2) is 268 Å². The number of hydrogen-bond donors (Lipinski definition) is 0. The summed E-state index contributed by atoms with van der Waals surface area (Å²) in [6.07, 6.45) is 3.74. The third-order valence-electron chi connectivity index (χ3n) is 11.9. The first-order valence-corrected chi connectivity index (χ1v) is 28.2. The summed E-state index contributed by atoms with van der Waals surface area (Å²) in [5.74, 6) is 0. The Hall–Kier alpha value is -7.68. The van der Waals surface area contributed by atoms with E-state index in [1.807, 2.05) is 103 Å². The van der Waals surface area contributed by atoms with E-state index in [2.05, 4.69) is 219 Å². The Morgan fingerprint density at radius 1 is 0.365 bits per heavy atom. The molecule has 1 nitrogen and oxygen atoms in total. The molecular formula is C68H57NS5. The lowest BCUT2D eigenvalue weighted by Crippen LogP contribution is -2.08. The van der Waals surface area contributed by atoms with Gasteiger partial charge in [-0.1, -0.05) is 203 Å². The first-order chi connectivity index (χ1) is 36.2. The summed E-state index contributed by atoms with van der Waals surface area (Å²) in [5.41, 5.74) is 9.17. The lowest BCUT2D eigenvalue weighted by molar-refractivity contribution is 1.13. The molecule has 0 aliphatic rings. The smallest absolute Gasteiger partial charge is 0.0448 e. The lowest BCUT2D eigenvalue weighted by Gasteiger charge is -2.13. The topological polar surface area (TPSA) is 3.24 Å². The molecule has 7 aromatic carbocycles. The van der Waals surface area contributed by atoms with Gasteiger partial charge >= 0.3 is 0 Å². The van der Waals surface area contributed by atoms with Gasteiger partial charge in [-0.25, -0.2) is 0 Å². The van der Waals surface area contributed by atoms with E-state index in [9.17, 15) is 0 Å². The van der Waals surface area contributed by atoms with Gasteiger partial charge in [-0.15, -0.1) is 56.7 Å². The SMILES string of the molecule is C=C(c1cc2ccccc2s1)c1cc2ccccc2s1.C=C(c1ccccc1)c1ccc(N(C)C)cc1.C=C(c1ccccc1)c1ccc2ccccc2c1.C=Cc1ccc(-c2cccs2)s1.C=Cc1cccs1. The molecule has 0 aliphatic carbocycles. The zero-order valence-electron chi connectivity index (χ0n) is 41.7. The maximum absolute atomic E-state index is 4.31. The molecule has 6 heteroatoms. The van der Waals surface area contributed by atoms with Gasteiger partial charge in [0.05, 0.1) is 0 Å². The minimum absolute atomic E-state index is 1.07. The molecule has 0 bridgehead atoms. The van der Waals surface area contributed by atoms with Crippen molar-refractivity contribution in [1.29, 1.82) is 0 Å². The molecule has 0 spiro atoms. The number of benzene rings is 7. The molecule has 0 atom stereocenters. The molecule has 5 heterocycles. The van der Waals surface area contributed by atoms with Crippen LogP contribution in [-0.2, 0) is 0 Å². The van der Waals surface area contributed by atoms with Crippen molar-refractivity contribution in [1.82, 2.24) is 0 Å². The first-order valence-electron chi connectivity index (χ1n) is 24.0. The Morgan fingerprint density at radius 3 is 1.34 bits per heavy atom. The fraction of sp³-hybridized carbons (Fsp3) is 0.0294. The largest absolute Gasteiger partial charge is 0.378 e. The van der Waals surface area contributed by atoms with E-state index >= 15 is 0 Å². The van der Waals surface area contributed by atoms with Crippen molar-refractivity contribution in [2.24, 2.45) is 0 Å². The van der Waals surface area contributed by atoms with E-state index in [1.165, 1.54) is 88.1 Å². The number of nitrogens with zero attached hydrogens (tertiary/aromatic N) is 1. The number of rotatable bonds is 10. The molecule has 0 fully saturated rings. The highest BCUT2D eigenvalue weighted by atomic mass is 32.1. The Labute approximate surface area is 457 Å². The highest BCUT2D eigenvalue weighted by Gasteiger charge is 2.11. The van der Waals surface area contributed by atoms with Crippen LogP contribution >= 0.6 is 56.7 Å². The summed E-state index contributed by atoms with van der Waals surface area (Å²) in [7, 11) is 4.09. The van der Waals surface area contributed by atoms with Crippen LogP contribution in [0.25, 0.3) is 69.6 Å². The Morgan fingerprint density at radius 2 is 0.851 bits per heavy atom. The van der Waals surface area contributed by atoms with Gasteiger partial charge in [-0.3, -0.25) is 0 Å². The highest BCUT2D eigenvalue weighted by Crippen LogP contribution is 2.38.